The lowest BCUT2D eigenvalue weighted by atomic mass is 10.1. The Morgan fingerprint density at radius 2 is 1.82 bits per heavy atom. The van der Waals surface area contributed by atoms with Gasteiger partial charge < -0.3 is 0 Å². The van der Waals surface area contributed by atoms with E-state index in [0.717, 1.165) is 17.1 Å². The van der Waals surface area contributed by atoms with Crippen molar-refractivity contribution < 1.29 is 0 Å². The maximum atomic E-state index is 9.05. The van der Waals surface area contributed by atoms with Crippen LogP contribution in [0.1, 0.15) is 28.1 Å². The van der Waals surface area contributed by atoms with Crippen molar-refractivity contribution in [1.29, 1.82) is 5.26 Å². The van der Waals surface area contributed by atoms with Crippen molar-refractivity contribution in [2.45, 2.75) is 27.7 Å². The van der Waals surface area contributed by atoms with Gasteiger partial charge in [-0.25, -0.2) is 4.68 Å². The molecule has 86 valence electrons. The smallest absolute Gasteiger partial charge is 0.103 e. The second-order valence-electron chi connectivity index (χ2n) is 4.34. The highest BCUT2D eigenvalue weighted by Gasteiger charge is 2.12. The van der Waals surface area contributed by atoms with Crippen LogP contribution in [0.25, 0.3) is 5.69 Å². The molecule has 0 spiro atoms. The van der Waals surface area contributed by atoms with Gasteiger partial charge in [-0.1, -0.05) is 6.07 Å². The van der Waals surface area contributed by atoms with Crippen LogP contribution in [0.5, 0.6) is 0 Å². The zero-order valence-corrected chi connectivity index (χ0v) is 10.6. The second kappa shape index (κ2) is 4.06. The molecular weight excluding hydrogens is 210 g/mol. The molecule has 0 saturated carbocycles. The van der Waals surface area contributed by atoms with Crippen LogP contribution in [0.3, 0.4) is 0 Å². The fraction of sp³-hybridized carbons (Fsp3) is 0.286. The van der Waals surface area contributed by atoms with Crippen LogP contribution < -0.4 is 0 Å². The van der Waals surface area contributed by atoms with E-state index in [1.807, 2.05) is 24.6 Å². The van der Waals surface area contributed by atoms with Gasteiger partial charge in [-0.3, -0.25) is 0 Å². The Bertz CT molecular complexity index is 615. The number of nitriles is 1. The van der Waals surface area contributed by atoms with Crippen molar-refractivity contribution in [3.8, 4) is 11.8 Å². The van der Waals surface area contributed by atoms with Crippen LogP contribution in [-0.4, -0.2) is 9.78 Å². The van der Waals surface area contributed by atoms with Crippen LogP contribution in [0.2, 0.25) is 0 Å². The molecule has 1 heterocycles. The Kier molecular flexibility index (Phi) is 2.72. The number of aryl methyl sites for hydroxylation is 3. The third-order valence-electron chi connectivity index (χ3n) is 3.14. The lowest BCUT2D eigenvalue weighted by Gasteiger charge is -2.07. The first-order valence-corrected chi connectivity index (χ1v) is 5.58. The summed E-state index contributed by atoms with van der Waals surface area (Å²) >= 11 is 0. The molecule has 2 rings (SSSR count). The number of nitrogens with zero attached hydrogens (tertiary/aromatic N) is 3. The Hall–Kier alpha value is -2.08. The molecule has 3 heteroatoms. The number of benzene rings is 1. The normalized spacial score (nSPS) is 10.3. The van der Waals surface area contributed by atoms with E-state index in [0.29, 0.717) is 5.56 Å². The number of aromatic nitrogens is 2. The molecule has 1 aromatic heterocycles. The highest BCUT2D eigenvalue weighted by Crippen LogP contribution is 2.19. The molecule has 1 aromatic carbocycles. The van der Waals surface area contributed by atoms with E-state index in [-0.39, 0.29) is 0 Å². The van der Waals surface area contributed by atoms with E-state index >= 15 is 0 Å². The quantitative estimate of drug-likeness (QED) is 0.748. The van der Waals surface area contributed by atoms with Gasteiger partial charge in [0, 0.05) is 0 Å². The highest BCUT2D eigenvalue weighted by atomic mass is 15.3. The molecule has 0 aliphatic heterocycles. The summed E-state index contributed by atoms with van der Waals surface area (Å²) in [7, 11) is 0. The largest absolute Gasteiger partial charge is 0.236 e. The van der Waals surface area contributed by atoms with E-state index in [1.54, 1.807) is 0 Å². The third-order valence-corrected chi connectivity index (χ3v) is 3.14. The Balaban J connectivity index is 2.62. The van der Waals surface area contributed by atoms with E-state index in [2.05, 4.69) is 37.1 Å². The summed E-state index contributed by atoms with van der Waals surface area (Å²) in [4.78, 5) is 0. The van der Waals surface area contributed by atoms with Gasteiger partial charge >= 0.3 is 0 Å². The molecule has 0 saturated heterocycles. The minimum atomic E-state index is 0.670. The number of hydrogen-bond donors (Lipinski definition) is 0. The molecule has 2 aromatic rings. The average Bonchev–Trinajstić information content (AvgIpc) is 2.58. The van der Waals surface area contributed by atoms with Gasteiger partial charge in [-0.2, -0.15) is 10.4 Å². The van der Waals surface area contributed by atoms with Crippen molar-refractivity contribution in [2.24, 2.45) is 0 Å². The van der Waals surface area contributed by atoms with Crippen molar-refractivity contribution >= 4 is 0 Å². The van der Waals surface area contributed by atoms with E-state index in [9.17, 15) is 0 Å². The van der Waals surface area contributed by atoms with Crippen LogP contribution in [0.4, 0.5) is 0 Å². The second-order valence-corrected chi connectivity index (χ2v) is 4.34. The lowest BCUT2D eigenvalue weighted by Crippen LogP contribution is -2.00. The molecule has 0 bridgehead atoms. The fourth-order valence-electron chi connectivity index (χ4n) is 1.91. The van der Waals surface area contributed by atoms with Gasteiger partial charge in [0.25, 0.3) is 0 Å². The predicted octanol–water partition coefficient (Wildman–Crippen LogP) is 2.98. The van der Waals surface area contributed by atoms with Crippen molar-refractivity contribution in [3.05, 3.63) is 46.3 Å². The van der Waals surface area contributed by atoms with Crippen LogP contribution >= 0.6 is 0 Å². The molecule has 0 amide bonds. The van der Waals surface area contributed by atoms with Gasteiger partial charge in [0.05, 0.1) is 22.6 Å². The average molecular weight is 225 g/mol. The van der Waals surface area contributed by atoms with Crippen molar-refractivity contribution in [3.63, 3.8) is 0 Å². The minimum Gasteiger partial charge on any atom is -0.236 e. The molecule has 3 nitrogen and oxygen atoms in total. The standard InChI is InChI=1S/C14H15N3/c1-9-5-6-13(7-10(9)2)17-12(4)14(8-15)11(3)16-17/h5-7H,1-4H3. The molecule has 0 radical (unpaired) electrons. The molecule has 0 aliphatic rings. The monoisotopic (exact) mass is 225 g/mol. The topological polar surface area (TPSA) is 41.6 Å². The maximum Gasteiger partial charge on any atom is 0.103 e. The van der Waals surface area contributed by atoms with Gasteiger partial charge in [0.2, 0.25) is 0 Å². The summed E-state index contributed by atoms with van der Waals surface area (Å²) in [6, 6.07) is 8.40. The summed E-state index contributed by atoms with van der Waals surface area (Å²) < 4.78 is 1.83. The summed E-state index contributed by atoms with van der Waals surface area (Å²) in [5.74, 6) is 0. The van der Waals surface area contributed by atoms with E-state index in [4.69, 9.17) is 5.26 Å². The summed E-state index contributed by atoms with van der Waals surface area (Å²) in [5.41, 5.74) is 5.85. The molecule has 0 atom stereocenters. The Morgan fingerprint density at radius 3 is 2.35 bits per heavy atom. The zero-order chi connectivity index (χ0) is 12.6. The SMILES string of the molecule is Cc1ccc(-n2nc(C)c(C#N)c2C)cc1C. The number of hydrogen-bond acceptors (Lipinski definition) is 2. The molecule has 0 aliphatic carbocycles. The van der Waals surface area contributed by atoms with Crippen LogP contribution in [0, 0.1) is 39.0 Å². The third kappa shape index (κ3) is 1.83. The first-order valence-electron chi connectivity index (χ1n) is 5.58. The van der Waals surface area contributed by atoms with E-state index < -0.39 is 0 Å². The molecular formula is C14H15N3. The summed E-state index contributed by atoms with van der Waals surface area (Å²) in [5, 5.41) is 13.5. The first kappa shape index (κ1) is 11.4. The summed E-state index contributed by atoms with van der Waals surface area (Å²) in [6.45, 7) is 7.95. The first-order chi connectivity index (χ1) is 8.04. The summed E-state index contributed by atoms with van der Waals surface area (Å²) in [6.07, 6.45) is 0. The lowest BCUT2D eigenvalue weighted by molar-refractivity contribution is 0.832. The Labute approximate surface area is 101 Å². The van der Waals surface area contributed by atoms with Crippen molar-refractivity contribution in [2.75, 3.05) is 0 Å². The molecule has 0 fully saturated rings. The van der Waals surface area contributed by atoms with Gasteiger partial charge in [-0.05, 0) is 51.0 Å². The predicted molar refractivity (Wildman–Crippen MR) is 67.2 cm³/mol. The van der Waals surface area contributed by atoms with E-state index in [1.165, 1.54) is 11.1 Å². The van der Waals surface area contributed by atoms with Crippen LogP contribution in [-0.2, 0) is 0 Å². The molecule has 17 heavy (non-hydrogen) atoms. The molecule has 0 unspecified atom stereocenters. The minimum absolute atomic E-state index is 0.670. The van der Waals surface area contributed by atoms with Crippen molar-refractivity contribution in [1.82, 2.24) is 9.78 Å². The van der Waals surface area contributed by atoms with Gasteiger partial charge in [-0.15, -0.1) is 0 Å². The zero-order valence-electron chi connectivity index (χ0n) is 10.6. The Morgan fingerprint density at radius 1 is 1.12 bits per heavy atom. The highest BCUT2D eigenvalue weighted by molar-refractivity contribution is 5.45. The maximum absolute atomic E-state index is 9.05. The van der Waals surface area contributed by atoms with Gasteiger partial charge in [0.15, 0.2) is 0 Å². The van der Waals surface area contributed by atoms with Crippen LogP contribution in [0.15, 0.2) is 18.2 Å². The number of rotatable bonds is 1. The van der Waals surface area contributed by atoms with Gasteiger partial charge in [0.1, 0.15) is 6.07 Å². The fourth-order valence-corrected chi connectivity index (χ4v) is 1.91. The molecule has 0 N–H and O–H groups in total.